The minimum Gasteiger partial charge on any atom is -0.497 e. The molecule has 0 spiro atoms. The van der Waals surface area contributed by atoms with Gasteiger partial charge in [0, 0.05) is 26.2 Å². The molecule has 2 N–H and O–H groups in total. The number of ether oxygens (including phenoxy) is 1. The van der Waals surface area contributed by atoms with Crippen molar-refractivity contribution in [3.05, 3.63) is 24.3 Å². The van der Waals surface area contributed by atoms with E-state index in [-0.39, 0.29) is 10.8 Å². The zero-order valence-corrected chi connectivity index (χ0v) is 18.2. The molecule has 1 aromatic rings. The third-order valence-corrected chi connectivity index (χ3v) is 7.98. The minimum absolute atomic E-state index is 0.119. The summed E-state index contributed by atoms with van der Waals surface area (Å²) in [6, 6.07) is 6.98. The molecule has 0 atom stereocenters. The molecular weight excluding hydrogens is 390 g/mol. The van der Waals surface area contributed by atoms with Crippen LogP contribution in [-0.4, -0.2) is 69.4 Å². The van der Waals surface area contributed by atoms with Crippen molar-refractivity contribution in [2.75, 3.05) is 39.8 Å². The molecule has 1 heterocycles. The van der Waals surface area contributed by atoms with Gasteiger partial charge in [-0.1, -0.05) is 19.3 Å². The molecule has 0 unspecified atom stereocenters. The summed E-state index contributed by atoms with van der Waals surface area (Å²) in [5.74, 6) is 0.744. The largest absolute Gasteiger partial charge is 0.497 e. The molecule has 1 aliphatic heterocycles. The van der Waals surface area contributed by atoms with Crippen LogP contribution in [0.15, 0.2) is 29.2 Å². The average molecular weight is 425 g/mol. The number of benzene rings is 1. The highest BCUT2D eigenvalue weighted by molar-refractivity contribution is 7.89. The smallest absolute Gasteiger partial charge is 0.277 e. The Morgan fingerprint density at radius 1 is 1.00 bits per heavy atom. The Morgan fingerprint density at radius 2 is 1.59 bits per heavy atom. The Balaban J connectivity index is 1.48. The Labute approximate surface area is 174 Å². The maximum atomic E-state index is 12.8. The van der Waals surface area contributed by atoms with Gasteiger partial charge in [-0.05, 0) is 49.9 Å². The normalized spacial score (nSPS) is 20.1. The standard InChI is InChI=1S/C21H33N3O4S/c1-28-19-9-11-20(12-10-19)29(26,27)24-15-13-23(14-16-24)21(25)17-22-18-7-5-3-2-4-6-8-18/h9-12,18,22H,2-8,13-17H2,1H3/p+1. The van der Waals surface area contributed by atoms with E-state index < -0.39 is 10.0 Å². The molecule has 7 nitrogen and oxygen atoms in total. The molecule has 0 aromatic heterocycles. The zero-order valence-electron chi connectivity index (χ0n) is 17.4. The first-order valence-electron chi connectivity index (χ1n) is 10.8. The molecular formula is C21H34N3O4S+. The molecule has 1 saturated carbocycles. The molecule has 8 heteroatoms. The number of hydrogen-bond donors (Lipinski definition) is 1. The van der Waals surface area contributed by atoms with Gasteiger partial charge >= 0.3 is 0 Å². The van der Waals surface area contributed by atoms with E-state index in [1.54, 1.807) is 36.3 Å². The number of amides is 1. The summed E-state index contributed by atoms with van der Waals surface area (Å²) in [6.07, 6.45) is 8.87. The van der Waals surface area contributed by atoms with Gasteiger partial charge in [-0.25, -0.2) is 8.42 Å². The van der Waals surface area contributed by atoms with Crippen LogP contribution in [0.2, 0.25) is 0 Å². The van der Waals surface area contributed by atoms with Crippen molar-refractivity contribution in [1.82, 2.24) is 9.21 Å². The van der Waals surface area contributed by atoms with E-state index in [0.29, 0.717) is 44.5 Å². The van der Waals surface area contributed by atoms with Crippen LogP contribution in [0.1, 0.15) is 44.9 Å². The van der Waals surface area contributed by atoms with Crippen LogP contribution in [0.25, 0.3) is 0 Å². The van der Waals surface area contributed by atoms with Gasteiger partial charge in [0.15, 0.2) is 6.54 Å². The van der Waals surface area contributed by atoms with Gasteiger partial charge in [-0.2, -0.15) is 4.31 Å². The molecule has 0 bridgehead atoms. The van der Waals surface area contributed by atoms with Crippen molar-refractivity contribution >= 4 is 15.9 Å². The van der Waals surface area contributed by atoms with Crippen LogP contribution in [-0.2, 0) is 14.8 Å². The van der Waals surface area contributed by atoms with E-state index in [9.17, 15) is 13.2 Å². The van der Waals surface area contributed by atoms with Crippen LogP contribution < -0.4 is 10.1 Å². The quantitative estimate of drug-likeness (QED) is 0.744. The zero-order chi connectivity index (χ0) is 20.7. The van der Waals surface area contributed by atoms with Gasteiger partial charge in [0.05, 0.1) is 18.0 Å². The second-order valence-electron chi connectivity index (χ2n) is 8.01. The number of nitrogens with zero attached hydrogens (tertiary/aromatic N) is 2. The van der Waals surface area contributed by atoms with Crippen molar-refractivity contribution in [1.29, 1.82) is 0 Å². The SMILES string of the molecule is COc1ccc(S(=O)(=O)N2CCN(C(=O)C[NH2+]C3CCCCCCC3)CC2)cc1. The van der Waals surface area contributed by atoms with E-state index >= 15 is 0 Å². The lowest BCUT2D eigenvalue weighted by Gasteiger charge is -2.34. The van der Waals surface area contributed by atoms with Crippen molar-refractivity contribution in [3.8, 4) is 5.75 Å². The van der Waals surface area contributed by atoms with E-state index in [4.69, 9.17) is 4.74 Å². The lowest BCUT2D eigenvalue weighted by atomic mass is 9.97. The molecule has 29 heavy (non-hydrogen) atoms. The van der Waals surface area contributed by atoms with Crippen molar-refractivity contribution in [2.24, 2.45) is 0 Å². The van der Waals surface area contributed by atoms with Crippen LogP contribution in [0.4, 0.5) is 0 Å². The number of methoxy groups -OCH3 is 1. The van der Waals surface area contributed by atoms with Gasteiger partial charge in [0.2, 0.25) is 10.0 Å². The maximum absolute atomic E-state index is 12.8. The summed E-state index contributed by atoms with van der Waals surface area (Å²) >= 11 is 0. The second-order valence-corrected chi connectivity index (χ2v) is 9.94. The lowest BCUT2D eigenvalue weighted by molar-refractivity contribution is -0.681. The number of piperazine rings is 1. The van der Waals surface area contributed by atoms with Crippen molar-refractivity contribution in [3.63, 3.8) is 0 Å². The van der Waals surface area contributed by atoms with Crippen LogP contribution in [0, 0.1) is 0 Å². The Morgan fingerprint density at radius 3 is 2.17 bits per heavy atom. The maximum Gasteiger partial charge on any atom is 0.277 e. The number of carbonyl (C=O) groups excluding carboxylic acids is 1. The van der Waals surface area contributed by atoms with Crippen LogP contribution in [0.3, 0.4) is 0 Å². The molecule has 2 aliphatic rings. The van der Waals surface area contributed by atoms with Crippen LogP contribution in [0.5, 0.6) is 5.75 Å². The van der Waals surface area contributed by atoms with Crippen molar-refractivity contribution in [2.45, 2.75) is 55.9 Å². The highest BCUT2D eigenvalue weighted by Crippen LogP contribution is 2.20. The minimum atomic E-state index is -3.54. The molecule has 1 aliphatic carbocycles. The Kier molecular flexibility index (Phi) is 7.91. The molecule has 2 fully saturated rings. The predicted molar refractivity (Wildman–Crippen MR) is 111 cm³/mol. The van der Waals surface area contributed by atoms with E-state index in [1.165, 1.54) is 49.3 Å². The van der Waals surface area contributed by atoms with Crippen LogP contribution >= 0.6 is 0 Å². The van der Waals surface area contributed by atoms with E-state index in [1.807, 2.05) is 0 Å². The van der Waals surface area contributed by atoms with Crippen molar-refractivity contribution < 1.29 is 23.3 Å². The topological polar surface area (TPSA) is 83.5 Å². The molecule has 1 saturated heterocycles. The van der Waals surface area contributed by atoms with E-state index in [2.05, 4.69) is 5.32 Å². The van der Waals surface area contributed by atoms with Gasteiger partial charge in [-0.3, -0.25) is 4.79 Å². The molecule has 1 amide bonds. The summed E-state index contributed by atoms with van der Waals surface area (Å²) in [6.45, 7) is 2.04. The third-order valence-electron chi connectivity index (χ3n) is 6.06. The van der Waals surface area contributed by atoms with Gasteiger partial charge in [0.25, 0.3) is 5.91 Å². The average Bonchev–Trinajstić information content (AvgIpc) is 2.73. The number of sulfonamides is 1. The third kappa shape index (κ3) is 5.93. The monoisotopic (exact) mass is 424 g/mol. The van der Waals surface area contributed by atoms with Gasteiger partial charge in [-0.15, -0.1) is 0 Å². The first-order valence-corrected chi connectivity index (χ1v) is 12.2. The summed E-state index contributed by atoms with van der Waals surface area (Å²) < 4.78 is 32.2. The van der Waals surface area contributed by atoms with E-state index in [0.717, 1.165) is 0 Å². The molecule has 162 valence electrons. The lowest BCUT2D eigenvalue weighted by Crippen LogP contribution is -2.92. The summed E-state index contributed by atoms with van der Waals surface area (Å²) in [4.78, 5) is 14.7. The number of quaternary nitrogens is 1. The molecule has 1 aromatic carbocycles. The number of carbonyl (C=O) groups is 1. The first kappa shape index (κ1) is 22.1. The fraction of sp³-hybridized carbons (Fsp3) is 0.667. The molecule has 3 rings (SSSR count). The molecule has 0 radical (unpaired) electrons. The summed E-state index contributed by atoms with van der Waals surface area (Å²) in [5.41, 5.74) is 0. The highest BCUT2D eigenvalue weighted by atomic mass is 32.2. The number of hydrogen-bond acceptors (Lipinski definition) is 4. The second kappa shape index (κ2) is 10.4. The fourth-order valence-corrected chi connectivity index (χ4v) is 5.62. The summed E-state index contributed by atoms with van der Waals surface area (Å²) in [5, 5.41) is 2.20. The number of nitrogens with two attached hydrogens (primary N) is 1. The predicted octanol–water partition coefficient (Wildman–Crippen LogP) is 1.20. The highest BCUT2D eigenvalue weighted by Gasteiger charge is 2.30. The Hall–Kier alpha value is -1.64. The van der Waals surface area contributed by atoms with Gasteiger partial charge < -0.3 is 15.0 Å². The summed E-state index contributed by atoms with van der Waals surface area (Å²) in [7, 11) is -1.99. The number of rotatable bonds is 6. The first-order chi connectivity index (χ1) is 14.0. The Bertz CT molecular complexity index is 751. The van der Waals surface area contributed by atoms with Gasteiger partial charge in [0.1, 0.15) is 5.75 Å². The fourth-order valence-electron chi connectivity index (χ4n) is 4.19.